The van der Waals surface area contributed by atoms with Gasteiger partial charge in [-0.2, -0.15) is 18.2 Å². The van der Waals surface area contributed by atoms with E-state index in [1.807, 2.05) is 4.90 Å². The van der Waals surface area contributed by atoms with Crippen molar-refractivity contribution in [2.24, 2.45) is 5.92 Å². The van der Waals surface area contributed by atoms with Gasteiger partial charge in [0.25, 0.3) is 0 Å². The molecule has 2 fully saturated rings. The van der Waals surface area contributed by atoms with Crippen LogP contribution in [0.4, 0.5) is 13.2 Å². The molecule has 4 rings (SSSR count). The smallest absolute Gasteiger partial charge is 0.340 e. The number of halogens is 3. The Morgan fingerprint density at radius 2 is 1.84 bits per heavy atom. The second kappa shape index (κ2) is 9.38. The molecule has 0 bridgehead atoms. The van der Waals surface area contributed by atoms with Crippen molar-refractivity contribution in [2.45, 2.75) is 51.2 Å². The van der Waals surface area contributed by atoms with Gasteiger partial charge in [0.05, 0.1) is 12.1 Å². The highest BCUT2D eigenvalue weighted by Gasteiger charge is 2.31. The summed E-state index contributed by atoms with van der Waals surface area (Å²) in [6.07, 6.45) is 2.32. The van der Waals surface area contributed by atoms with Crippen molar-refractivity contribution in [3.8, 4) is 11.4 Å². The summed E-state index contributed by atoms with van der Waals surface area (Å²) in [6.45, 7) is 3.16. The van der Waals surface area contributed by atoms with Crippen molar-refractivity contribution in [1.82, 2.24) is 19.9 Å². The normalized spacial score (nSPS) is 19.0. The average molecular weight is 436 g/mol. The summed E-state index contributed by atoms with van der Waals surface area (Å²) in [5.74, 6) is 1.28. The minimum atomic E-state index is -4.42. The Morgan fingerprint density at radius 3 is 2.55 bits per heavy atom. The Balaban J connectivity index is 1.29. The molecule has 0 atom stereocenters. The lowest BCUT2D eigenvalue weighted by Crippen LogP contribution is -2.48. The standard InChI is InChI=1S/C22H27F3N4O2/c23-22(24,25)18-8-4-7-17(14-18)21-26-19(31-27-21)15-28-9-11-29(12-10-28)20(30)13-16-5-2-1-3-6-16/h4,7-8,14,16H,1-3,5-6,9-13,15H2. The topological polar surface area (TPSA) is 62.5 Å². The van der Waals surface area contributed by atoms with Gasteiger partial charge in [-0.25, -0.2) is 0 Å². The van der Waals surface area contributed by atoms with Crippen molar-refractivity contribution in [3.63, 3.8) is 0 Å². The van der Waals surface area contributed by atoms with E-state index in [-0.39, 0.29) is 17.3 Å². The average Bonchev–Trinajstić information content (AvgIpc) is 3.23. The van der Waals surface area contributed by atoms with E-state index in [0.29, 0.717) is 51.0 Å². The van der Waals surface area contributed by atoms with Crippen LogP contribution in [0.15, 0.2) is 28.8 Å². The van der Waals surface area contributed by atoms with Crippen LogP contribution < -0.4 is 0 Å². The largest absolute Gasteiger partial charge is 0.416 e. The maximum atomic E-state index is 12.9. The van der Waals surface area contributed by atoms with Crippen molar-refractivity contribution >= 4 is 5.91 Å². The summed E-state index contributed by atoms with van der Waals surface area (Å²) >= 11 is 0. The number of nitrogens with zero attached hydrogens (tertiary/aromatic N) is 4. The fourth-order valence-corrected chi connectivity index (χ4v) is 4.38. The van der Waals surface area contributed by atoms with Gasteiger partial charge in [-0.15, -0.1) is 0 Å². The molecule has 1 aliphatic heterocycles. The third kappa shape index (κ3) is 5.64. The lowest BCUT2D eigenvalue weighted by molar-refractivity contribution is -0.137. The molecule has 6 nitrogen and oxygen atoms in total. The maximum absolute atomic E-state index is 12.9. The van der Waals surface area contributed by atoms with E-state index in [9.17, 15) is 18.0 Å². The van der Waals surface area contributed by atoms with Crippen LogP contribution in [0, 0.1) is 5.92 Å². The van der Waals surface area contributed by atoms with Crippen LogP contribution in [-0.4, -0.2) is 52.0 Å². The van der Waals surface area contributed by atoms with Crippen LogP contribution in [0.5, 0.6) is 0 Å². The predicted octanol–water partition coefficient (Wildman–Crippen LogP) is 4.37. The second-order valence-electron chi connectivity index (χ2n) is 8.46. The fraction of sp³-hybridized carbons (Fsp3) is 0.591. The summed E-state index contributed by atoms with van der Waals surface area (Å²) < 4.78 is 44.0. The number of amides is 1. The molecule has 0 N–H and O–H groups in total. The predicted molar refractivity (Wildman–Crippen MR) is 108 cm³/mol. The first-order chi connectivity index (χ1) is 14.9. The molecule has 2 heterocycles. The van der Waals surface area contributed by atoms with E-state index < -0.39 is 11.7 Å². The first-order valence-electron chi connectivity index (χ1n) is 10.9. The maximum Gasteiger partial charge on any atom is 0.416 e. The minimum absolute atomic E-state index is 0.141. The number of benzene rings is 1. The summed E-state index contributed by atoms with van der Waals surface area (Å²) in [6, 6.07) is 4.89. The van der Waals surface area contributed by atoms with Crippen molar-refractivity contribution < 1.29 is 22.5 Å². The van der Waals surface area contributed by atoms with E-state index >= 15 is 0 Å². The Kier molecular flexibility index (Phi) is 6.60. The number of rotatable bonds is 5. The summed E-state index contributed by atoms with van der Waals surface area (Å²) in [5, 5.41) is 3.84. The molecule has 9 heteroatoms. The van der Waals surface area contributed by atoms with Gasteiger partial charge in [-0.3, -0.25) is 9.69 Å². The van der Waals surface area contributed by atoms with Gasteiger partial charge >= 0.3 is 6.18 Å². The van der Waals surface area contributed by atoms with Gasteiger partial charge in [0.2, 0.25) is 17.6 Å². The number of carbonyl (C=O) groups excluding carboxylic acids is 1. The Bertz CT molecular complexity index is 885. The molecule has 2 aliphatic rings. The molecular weight excluding hydrogens is 409 g/mol. The van der Waals surface area contributed by atoms with E-state index in [4.69, 9.17) is 4.52 Å². The summed E-state index contributed by atoms with van der Waals surface area (Å²) in [5.41, 5.74) is -0.478. The van der Waals surface area contributed by atoms with Crippen LogP contribution >= 0.6 is 0 Å². The molecule has 31 heavy (non-hydrogen) atoms. The summed E-state index contributed by atoms with van der Waals surface area (Å²) in [4.78, 5) is 20.9. The quantitative estimate of drug-likeness (QED) is 0.697. The van der Waals surface area contributed by atoms with Crippen LogP contribution in [0.1, 0.15) is 50.0 Å². The van der Waals surface area contributed by atoms with Gasteiger partial charge in [-0.05, 0) is 30.9 Å². The molecule has 0 unspecified atom stereocenters. The number of hydrogen-bond acceptors (Lipinski definition) is 5. The summed E-state index contributed by atoms with van der Waals surface area (Å²) in [7, 11) is 0. The number of aromatic nitrogens is 2. The molecule has 0 radical (unpaired) electrons. The zero-order valence-electron chi connectivity index (χ0n) is 17.4. The molecule has 2 aromatic rings. The zero-order valence-corrected chi connectivity index (χ0v) is 17.4. The first-order valence-corrected chi connectivity index (χ1v) is 10.9. The molecule has 1 aromatic carbocycles. The Morgan fingerprint density at radius 1 is 1.10 bits per heavy atom. The SMILES string of the molecule is O=C(CC1CCCCC1)N1CCN(Cc2nc(-c3cccc(C(F)(F)F)c3)no2)CC1. The molecule has 0 spiro atoms. The molecule has 1 saturated heterocycles. The zero-order chi connectivity index (χ0) is 21.8. The van der Waals surface area contributed by atoms with Gasteiger partial charge in [0.15, 0.2) is 0 Å². The molecule has 1 amide bonds. The number of alkyl halides is 3. The van der Waals surface area contributed by atoms with Gasteiger partial charge in [0.1, 0.15) is 0 Å². The van der Waals surface area contributed by atoms with Crippen LogP contribution in [0.2, 0.25) is 0 Å². The number of hydrogen-bond donors (Lipinski definition) is 0. The Hall–Kier alpha value is -2.42. The van der Waals surface area contributed by atoms with Gasteiger partial charge in [-0.1, -0.05) is 36.6 Å². The lowest BCUT2D eigenvalue weighted by Gasteiger charge is -2.35. The van der Waals surface area contributed by atoms with Crippen molar-refractivity contribution in [3.05, 3.63) is 35.7 Å². The fourth-order valence-electron chi connectivity index (χ4n) is 4.38. The molecule has 168 valence electrons. The highest BCUT2D eigenvalue weighted by atomic mass is 19.4. The third-order valence-electron chi connectivity index (χ3n) is 6.19. The van der Waals surface area contributed by atoms with Crippen molar-refractivity contribution in [2.75, 3.05) is 26.2 Å². The minimum Gasteiger partial charge on any atom is -0.340 e. The van der Waals surface area contributed by atoms with Crippen molar-refractivity contribution in [1.29, 1.82) is 0 Å². The van der Waals surface area contributed by atoms with E-state index in [0.717, 1.165) is 25.0 Å². The highest BCUT2D eigenvalue weighted by Crippen LogP contribution is 2.31. The first kappa shape index (κ1) is 21.8. The van der Waals surface area contributed by atoms with E-state index in [1.165, 1.54) is 31.4 Å². The van der Waals surface area contributed by atoms with Crippen LogP contribution in [0.25, 0.3) is 11.4 Å². The van der Waals surface area contributed by atoms with Crippen LogP contribution in [-0.2, 0) is 17.5 Å². The monoisotopic (exact) mass is 436 g/mol. The molecule has 1 aromatic heterocycles. The second-order valence-corrected chi connectivity index (χ2v) is 8.46. The lowest BCUT2D eigenvalue weighted by atomic mass is 9.86. The Labute approximate surface area is 179 Å². The molecule has 1 aliphatic carbocycles. The number of piperazine rings is 1. The third-order valence-corrected chi connectivity index (χ3v) is 6.19. The van der Waals surface area contributed by atoms with E-state index in [1.54, 1.807) is 0 Å². The van der Waals surface area contributed by atoms with Crippen LogP contribution in [0.3, 0.4) is 0 Å². The van der Waals surface area contributed by atoms with Gasteiger partial charge < -0.3 is 9.42 Å². The highest BCUT2D eigenvalue weighted by molar-refractivity contribution is 5.76. The van der Waals surface area contributed by atoms with Gasteiger partial charge in [0, 0.05) is 38.2 Å². The van der Waals surface area contributed by atoms with E-state index in [2.05, 4.69) is 15.0 Å². The number of carbonyl (C=O) groups is 1. The molecular formula is C22H27F3N4O2. The molecule has 1 saturated carbocycles.